The number of aliphatic imine (C=N–C) groups is 1. The average molecular weight is 1060 g/mol. The van der Waals surface area contributed by atoms with Crippen LogP contribution in [0.15, 0.2) is 178 Å². The number of hydrogen-bond acceptors (Lipinski definition) is 12. The number of carbonyl (C=O) groups is 3. The number of ether oxygens (including phenoxy) is 1. The Morgan fingerprint density at radius 3 is 2.28 bits per heavy atom. The van der Waals surface area contributed by atoms with E-state index in [-0.39, 0.29) is 37.9 Å². The topological polar surface area (TPSA) is 150 Å². The van der Waals surface area contributed by atoms with Gasteiger partial charge in [0.1, 0.15) is 34.8 Å². The molecule has 0 amide bonds. The Balaban J connectivity index is 0.000000199. The first-order valence-electron chi connectivity index (χ1n) is 24.8. The largest absolute Gasteiger partial charge is 0.508 e. The molecule has 0 aromatic heterocycles. The number of anilines is 1. The molecule has 11 rings (SSSR count). The highest BCUT2D eigenvalue weighted by Crippen LogP contribution is 2.54. The Morgan fingerprint density at radius 2 is 1.55 bits per heavy atom. The summed E-state index contributed by atoms with van der Waals surface area (Å²) in [6.45, 7) is 11.4. The maximum atomic E-state index is 12.5. The van der Waals surface area contributed by atoms with E-state index in [1.165, 1.54) is 80.1 Å². The maximum absolute atomic E-state index is 12.5. The standard InChI is InChI=1S/C41H41N2O3S2.C21H11NO5S/c1-40(2)35(42(24-12-17-34(45)39-47-48-39)32-22-20-28-13-8-10-15-30(28)37(32)40)18-6-5-7-19-36-41(3,4)38-31-16-11-9-14-29(31)21-23-33(38)43(36)25-26-46-27-44;23-12-2-5-15-18(8-12)27-19-9-13(24)3-6-16(19)20(15)14-4-1-11(22-10-28)7-17(14)21(25)26/h5-11,13-16,18-23,27,39H,12,17,24-26H2,1-4H3;1-9,23H,(H,25,26)/q+1;. The van der Waals surface area contributed by atoms with Crippen molar-refractivity contribution in [3.8, 4) is 28.2 Å². The molecule has 2 N–H and O–H groups in total. The van der Waals surface area contributed by atoms with Crippen LogP contribution in [0, 0.1) is 0 Å². The molecular formula is C62H52N3O8S3+. The number of ketones is 1. The zero-order valence-corrected chi connectivity index (χ0v) is 44.6. The Morgan fingerprint density at radius 1 is 0.829 bits per heavy atom. The number of allylic oxidation sites excluding steroid dienone is 6. The summed E-state index contributed by atoms with van der Waals surface area (Å²) < 4.78 is 13.5. The molecule has 0 spiro atoms. The number of carbonyl (C=O) groups excluding carboxylic acids is 2. The van der Waals surface area contributed by atoms with Crippen molar-refractivity contribution in [1.82, 2.24) is 0 Å². The third kappa shape index (κ3) is 9.92. The zero-order valence-electron chi connectivity index (χ0n) is 42.1. The summed E-state index contributed by atoms with van der Waals surface area (Å²) in [5.41, 5.74) is 9.01. The van der Waals surface area contributed by atoms with Gasteiger partial charge in [0.15, 0.2) is 16.9 Å². The first-order chi connectivity index (χ1) is 36.7. The molecule has 6 aromatic carbocycles. The first kappa shape index (κ1) is 51.6. The summed E-state index contributed by atoms with van der Waals surface area (Å²) in [7, 11) is 3.35. The summed E-state index contributed by atoms with van der Waals surface area (Å²) in [5, 5.41) is 27.4. The van der Waals surface area contributed by atoms with Gasteiger partial charge in [-0.2, -0.15) is 9.57 Å². The predicted molar refractivity (Wildman–Crippen MR) is 311 cm³/mol. The van der Waals surface area contributed by atoms with E-state index in [1.807, 2.05) is 0 Å². The lowest BCUT2D eigenvalue weighted by atomic mass is 9.79. The molecular weight excluding hydrogens is 1010 g/mol. The van der Waals surface area contributed by atoms with Gasteiger partial charge in [0, 0.05) is 76.0 Å². The molecule has 6 aromatic rings. The van der Waals surface area contributed by atoms with Crippen molar-refractivity contribution in [3.05, 3.63) is 190 Å². The number of benzene rings is 7. The Bertz CT molecular complexity index is 3880. The van der Waals surface area contributed by atoms with Gasteiger partial charge >= 0.3 is 5.97 Å². The molecule has 0 atom stereocenters. The molecule has 4 aliphatic heterocycles. The molecule has 1 aliphatic carbocycles. The molecule has 0 saturated carbocycles. The number of fused-ring (bicyclic) bond motifs is 8. The van der Waals surface area contributed by atoms with Crippen molar-refractivity contribution in [3.63, 3.8) is 0 Å². The van der Waals surface area contributed by atoms with Crippen LogP contribution >= 0.6 is 33.8 Å². The van der Waals surface area contributed by atoms with Gasteiger partial charge in [-0.05, 0) is 113 Å². The quantitative estimate of drug-likeness (QED) is 0.0116. The molecule has 1 saturated heterocycles. The van der Waals surface area contributed by atoms with E-state index >= 15 is 0 Å². The van der Waals surface area contributed by atoms with Crippen molar-refractivity contribution in [2.75, 3.05) is 24.6 Å². The van der Waals surface area contributed by atoms with E-state index in [1.54, 1.807) is 45.9 Å². The van der Waals surface area contributed by atoms with Crippen LogP contribution in [0.1, 0.15) is 62.0 Å². The molecule has 1 fully saturated rings. The third-order valence-electron chi connectivity index (χ3n) is 14.4. The van der Waals surface area contributed by atoms with Crippen LogP contribution in [0.2, 0.25) is 0 Å². The van der Waals surface area contributed by atoms with Gasteiger partial charge < -0.3 is 24.3 Å². The molecule has 76 heavy (non-hydrogen) atoms. The van der Waals surface area contributed by atoms with E-state index in [9.17, 15) is 29.4 Å². The van der Waals surface area contributed by atoms with E-state index in [4.69, 9.17) is 9.15 Å². The van der Waals surface area contributed by atoms with Crippen LogP contribution in [0.25, 0.3) is 55.0 Å². The molecule has 380 valence electrons. The number of hydrogen-bond donors (Lipinski definition) is 2. The van der Waals surface area contributed by atoms with Crippen LogP contribution in [0.3, 0.4) is 0 Å². The number of phenolic OH excluding ortho intramolecular Hbond substituents is 1. The van der Waals surface area contributed by atoms with Crippen LogP contribution in [-0.4, -0.2) is 68.2 Å². The van der Waals surface area contributed by atoms with Crippen molar-refractivity contribution < 1.29 is 38.3 Å². The second-order valence-electron chi connectivity index (χ2n) is 19.7. The van der Waals surface area contributed by atoms with Gasteiger partial charge in [0.05, 0.1) is 28.4 Å². The molecule has 11 nitrogen and oxygen atoms in total. The van der Waals surface area contributed by atoms with E-state index in [0.29, 0.717) is 65.2 Å². The van der Waals surface area contributed by atoms with E-state index in [2.05, 4.69) is 163 Å². The lowest BCUT2D eigenvalue weighted by Gasteiger charge is -2.26. The van der Waals surface area contributed by atoms with Crippen LogP contribution in [0.4, 0.5) is 17.1 Å². The Hall–Kier alpha value is -7.87. The highest BCUT2D eigenvalue weighted by molar-refractivity contribution is 8.93. The van der Waals surface area contributed by atoms with Crippen LogP contribution in [-0.2, 0) is 25.2 Å². The summed E-state index contributed by atoms with van der Waals surface area (Å²) >= 11 is 4.59. The average Bonchev–Trinajstić information content (AvgIpc) is 4.22. The summed E-state index contributed by atoms with van der Waals surface area (Å²) in [5.74, 6) is -0.508. The van der Waals surface area contributed by atoms with Crippen molar-refractivity contribution in [2.24, 2.45) is 4.99 Å². The van der Waals surface area contributed by atoms with Crippen LogP contribution < -0.4 is 10.3 Å². The number of Topliss-reactive ketones (excluding diaryl/α,β-unsaturated/α-hetero) is 1. The maximum Gasteiger partial charge on any atom is 0.336 e. The number of rotatable bonds is 15. The summed E-state index contributed by atoms with van der Waals surface area (Å²) in [4.78, 5) is 53.4. The predicted octanol–water partition coefficient (Wildman–Crippen LogP) is 14.1. The van der Waals surface area contributed by atoms with Gasteiger partial charge in [0.25, 0.3) is 6.47 Å². The molecule has 14 heteroatoms. The highest BCUT2D eigenvalue weighted by atomic mass is 33.2. The highest BCUT2D eigenvalue weighted by Gasteiger charge is 2.46. The Labute approximate surface area is 452 Å². The number of isothiocyanates is 1. The second-order valence-corrected chi connectivity index (χ2v) is 22.7. The minimum Gasteiger partial charge on any atom is -0.508 e. The number of carboxylic acids is 1. The van der Waals surface area contributed by atoms with Crippen LogP contribution in [0.5, 0.6) is 5.75 Å². The number of nitrogens with zero attached hydrogens (tertiary/aromatic N) is 3. The minimum absolute atomic E-state index is 0.0102. The van der Waals surface area contributed by atoms with Gasteiger partial charge in [-0.3, -0.25) is 14.4 Å². The number of thiocarbonyl (C=S) groups is 1. The SMILES string of the molecule is CC1(C)C(/C=C/C=C/C=C2\N(CCOC=O)c3ccc4ccccc4c3C2(C)C)=[N+](CCCC(=O)C2SS2)c2ccc3ccccc3c21.O=C(O)c1cc(N=C=S)ccc1-c1c2ccc(=O)cc-2oc2cc(O)ccc12. The smallest absolute Gasteiger partial charge is 0.336 e. The molecule has 5 aliphatic rings. The monoisotopic (exact) mass is 1060 g/mol. The molecule has 4 heterocycles. The van der Waals surface area contributed by atoms with Crippen molar-refractivity contribution in [1.29, 1.82) is 0 Å². The minimum atomic E-state index is -1.14. The lowest BCUT2D eigenvalue weighted by molar-refractivity contribution is -0.438. The molecule has 0 bridgehead atoms. The molecule has 0 radical (unpaired) electrons. The van der Waals surface area contributed by atoms with Gasteiger partial charge in [-0.25, -0.2) is 4.79 Å². The summed E-state index contributed by atoms with van der Waals surface area (Å²) in [6, 6.07) is 39.5. The Kier molecular flexibility index (Phi) is 14.5. The van der Waals surface area contributed by atoms with Crippen molar-refractivity contribution >= 4 is 112 Å². The number of phenols is 1. The number of aromatic carboxylic acids is 1. The first-order valence-corrected chi connectivity index (χ1v) is 27.5. The van der Waals surface area contributed by atoms with Crippen molar-refractivity contribution in [2.45, 2.75) is 55.9 Å². The van der Waals surface area contributed by atoms with Gasteiger partial charge in [-0.15, -0.1) is 0 Å². The normalized spacial score (nSPS) is 15.8. The fourth-order valence-electron chi connectivity index (χ4n) is 11.0. The number of carboxylic acid groups (broad SMARTS) is 1. The van der Waals surface area contributed by atoms with Gasteiger partial charge in [-0.1, -0.05) is 114 Å². The summed E-state index contributed by atoms with van der Waals surface area (Å²) in [6.07, 6.45) is 12.2. The van der Waals surface area contributed by atoms with E-state index in [0.717, 1.165) is 18.7 Å². The van der Waals surface area contributed by atoms with E-state index < -0.39 is 5.97 Å². The zero-order chi connectivity index (χ0) is 53.3. The number of aromatic hydroxyl groups is 1. The lowest BCUT2D eigenvalue weighted by Crippen LogP contribution is -2.29. The fraction of sp³-hybridized carbons (Fsp3) is 0.194. The third-order valence-corrected chi connectivity index (χ3v) is 16.5. The molecule has 0 unspecified atom stereocenters. The second kappa shape index (κ2) is 21.4. The van der Waals surface area contributed by atoms with Gasteiger partial charge in [0.2, 0.25) is 5.69 Å². The fourth-order valence-corrected chi connectivity index (χ4v) is 12.4.